The second-order valence-corrected chi connectivity index (χ2v) is 8.22. The average Bonchev–Trinajstić information content (AvgIpc) is 3.43. The number of ether oxygens (including phenoxy) is 1. The molecule has 0 radical (unpaired) electrons. The molecule has 0 amide bonds. The number of benzene rings is 1. The Labute approximate surface area is 168 Å². The van der Waals surface area contributed by atoms with Gasteiger partial charge in [0.05, 0.1) is 23.2 Å². The van der Waals surface area contributed by atoms with Crippen molar-refractivity contribution in [3.8, 4) is 0 Å². The number of fused-ring (bicyclic) bond motifs is 5. The number of esters is 1. The number of carbonyl (C=O) groups excluding carboxylic acids is 1. The van der Waals surface area contributed by atoms with Gasteiger partial charge in [0.2, 0.25) is 5.43 Å². The summed E-state index contributed by atoms with van der Waals surface area (Å²) in [5.74, 6) is -1.03. The standard InChI is InChI=1S/C23H25FN2O3/c1-2-29-23(28)18-13-26(15-9-10-15)20-16-8-4-3-6-14-7-5-11-25(14)21(16)19(24)12-17(20)22(18)27/h4,8,12-15H,2-3,5-7,9-11H2,1H3/b8-4-. The van der Waals surface area contributed by atoms with Crippen LogP contribution >= 0.6 is 0 Å². The molecule has 2 aromatic rings. The van der Waals surface area contributed by atoms with Crippen LogP contribution in [0.1, 0.15) is 67.4 Å². The molecule has 1 saturated carbocycles. The molecule has 3 aliphatic rings. The van der Waals surface area contributed by atoms with Crippen LogP contribution in [0.5, 0.6) is 0 Å². The van der Waals surface area contributed by atoms with Crippen molar-refractivity contribution in [2.45, 2.75) is 57.5 Å². The molecule has 1 saturated heterocycles. The summed E-state index contributed by atoms with van der Waals surface area (Å²) in [4.78, 5) is 27.7. The van der Waals surface area contributed by atoms with Crippen molar-refractivity contribution >= 4 is 28.6 Å². The number of allylic oxidation sites excluding steroid dienone is 1. The first-order valence-corrected chi connectivity index (χ1v) is 10.6. The van der Waals surface area contributed by atoms with E-state index in [-0.39, 0.29) is 29.4 Å². The molecule has 1 aliphatic carbocycles. The smallest absolute Gasteiger partial charge is 0.343 e. The Kier molecular flexibility index (Phi) is 4.45. The summed E-state index contributed by atoms with van der Waals surface area (Å²) in [5.41, 5.74) is 1.65. The Morgan fingerprint density at radius 3 is 2.83 bits per heavy atom. The van der Waals surface area contributed by atoms with Gasteiger partial charge in [0.1, 0.15) is 11.4 Å². The molecule has 1 aromatic heterocycles. The largest absolute Gasteiger partial charge is 0.462 e. The lowest BCUT2D eigenvalue weighted by Crippen LogP contribution is -2.31. The van der Waals surface area contributed by atoms with Gasteiger partial charge in [-0.15, -0.1) is 0 Å². The topological polar surface area (TPSA) is 51.5 Å². The zero-order chi connectivity index (χ0) is 20.1. The number of aromatic nitrogens is 1. The molecule has 0 bridgehead atoms. The third-order valence-corrected chi connectivity index (χ3v) is 6.33. The van der Waals surface area contributed by atoms with Gasteiger partial charge in [0.25, 0.3) is 0 Å². The van der Waals surface area contributed by atoms with E-state index in [1.54, 1.807) is 13.1 Å². The first kappa shape index (κ1) is 18.4. The molecule has 0 spiro atoms. The number of halogens is 1. The van der Waals surface area contributed by atoms with E-state index in [1.165, 1.54) is 6.07 Å². The molecule has 29 heavy (non-hydrogen) atoms. The van der Waals surface area contributed by atoms with Gasteiger partial charge < -0.3 is 14.2 Å². The lowest BCUT2D eigenvalue weighted by atomic mass is 9.98. The first-order chi connectivity index (χ1) is 14.1. The van der Waals surface area contributed by atoms with Crippen molar-refractivity contribution in [2.24, 2.45) is 0 Å². The van der Waals surface area contributed by atoms with E-state index < -0.39 is 11.4 Å². The minimum absolute atomic E-state index is 0.0144. The molecule has 1 aromatic carbocycles. The molecule has 3 heterocycles. The van der Waals surface area contributed by atoms with Crippen molar-refractivity contribution in [1.82, 2.24) is 4.57 Å². The molecule has 0 N–H and O–H groups in total. The van der Waals surface area contributed by atoms with Gasteiger partial charge in [0, 0.05) is 30.4 Å². The van der Waals surface area contributed by atoms with Crippen LogP contribution in [0.4, 0.5) is 10.1 Å². The number of carbonyl (C=O) groups is 1. The Bertz CT molecular complexity index is 1080. The zero-order valence-electron chi connectivity index (χ0n) is 16.6. The molecule has 5 rings (SSSR count). The molecule has 1 atom stereocenters. The van der Waals surface area contributed by atoms with Gasteiger partial charge >= 0.3 is 5.97 Å². The summed E-state index contributed by atoms with van der Waals surface area (Å²) >= 11 is 0. The summed E-state index contributed by atoms with van der Waals surface area (Å²) in [7, 11) is 0. The van der Waals surface area contributed by atoms with E-state index in [1.807, 2.05) is 10.6 Å². The number of anilines is 1. The van der Waals surface area contributed by atoms with Gasteiger partial charge in [-0.2, -0.15) is 0 Å². The van der Waals surface area contributed by atoms with Gasteiger partial charge in [-0.1, -0.05) is 12.2 Å². The van der Waals surface area contributed by atoms with Gasteiger partial charge in [0.15, 0.2) is 0 Å². The summed E-state index contributed by atoms with van der Waals surface area (Å²) in [5, 5.41) is 0.264. The predicted molar refractivity (Wildman–Crippen MR) is 111 cm³/mol. The summed E-state index contributed by atoms with van der Waals surface area (Å²) < 4.78 is 22.5. The fourth-order valence-corrected chi connectivity index (χ4v) is 4.87. The Balaban J connectivity index is 1.84. The van der Waals surface area contributed by atoms with Crippen molar-refractivity contribution in [2.75, 3.05) is 18.1 Å². The number of hydrogen-bond donors (Lipinski definition) is 0. The molecule has 2 fully saturated rings. The highest BCUT2D eigenvalue weighted by molar-refractivity contribution is 5.99. The normalized spacial score (nSPS) is 22.0. The molecular weight excluding hydrogens is 371 g/mol. The minimum atomic E-state index is -0.642. The van der Waals surface area contributed by atoms with Crippen LogP contribution in [0.25, 0.3) is 17.0 Å². The maximum Gasteiger partial charge on any atom is 0.343 e. The van der Waals surface area contributed by atoms with E-state index in [0.29, 0.717) is 11.7 Å². The third-order valence-electron chi connectivity index (χ3n) is 6.33. The van der Waals surface area contributed by atoms with Gasteiger partial charge in [-0.05, 0) is 51.5 Å². The highest BCUT2D eigenvalue weighted by Gasteiger charge is 2.33. The second kappa shape index (κ2) is 7.01. The summed E-state index contributed by atoms with van der Waals surface area (Å²) in [6, 6.07) is 1.91. The van der Waals surface area contributed by atoms with E-state index >= 15 is 4.39 Å². The Morgan fingerprint density at radius 1 is 1.24 bits per heavy atom. The zero-order valence-corrected chi connectivity index (χ0v) is 16.6. The fraction of sp³-hybridized carbons (Fsp3) is 0.478. The fourth-order valence-electron chi connectivity index (χ4n) is 4.87. The number of pyridine rings is 1. The number of nitrogens with zero attached hydrogens (tertiary/aromatic N) is 2. The summed E-state index contributed by atoms with van der Waals surface area (Å²) in [6.07, 6.45) is 11.8. The second-order valence-electron chi connectivity index (χ2n) is 8.22. The van der Waals surface area contributed by atoms with E-state index in [0.717, 1.165) is 56.1 Å². The van der Waals surface area contributed by atoms with Crippen LogP contribution in [-0.4, -0.2) is 29.7 Å². The molecular formula is C23H25FN2O3. The molecule has 6 heteroatoms. The predicted octanol–water partition coefficient (Wildman–Crippen LogP) is 4.43. The first-order valence-electron chi connectivity index (χ1n) is 10.6. The SMILES string of the molecule is CCOC(=O)c1cn(C2CC2)c2c3c(c(F)cc2c1=O)N1CCCC1CC/C=C\3. The lowest BCUT2D eigenvalue weighted by molar-refractivity contribution is 0.0524. The van der Waals surface area contributed by atoms with E-state index in [9.17, 15) is 9.59 Å². The van der Waals surface area contributed by atoms with Crippen molar-refractivity contribution in [3.63, 3.8) is 0 Å². The highest BCUT2D eigenvalue weighted by atomic mass is 19.1. The molecule has 2 aliphatic heterocycles. The van der Waals surface area contributed by atoms with Crippen LogP contribution in [0, 0.1) is 5.82 Å². The van der Waals surface area contributed by atoms with Crippen molar-refractivity contribution < 1.29 is 13.9 Å². The van der Waals surface area contributed by atoms with Gasteiger partial charge in [-0.3, -0.25) is 4.79 Å². The molecule has 152 valence electrons. The minimum Gasteiger partial charge on any atom is -0.462 e. The van der Waals surface area contributed by atoms with Crippen LogP contribution in [-0.2, 0) is 4.74 Å². The quantitative estimate of drug-likeness (QED) is 0.721. The lowest BCUT2D eigenvalue weighted by Gasteiger charge is -2.31. The van der Waals surface area contributed by atoms with E-state index in [4.69, 9.17) is 4.74 Å². The maximum atomic E-state index is 15.4. The van der Waals surface area contributed by atoms with Crippen molar-refractivity contribution in [1.29, 1.82) is 0 Å². The highest BCUT2D eigenvalue weighted by Crippen LogP contribution is 2.43. The molecule has 1 unspecified atom stereocenters. The van der Waals surface area contributed by atoms with Crippen LogP contribution < -0.4 is 10.3 Å². The molecule has 5 nitrogen and oxygen atoms in total. The van der Waals surface area contributed by atoms with Crippen LogP contribution in [0.2, 0.25) is 0 Å². The Morgan fingerprint density at radius 2 is 2.07 bits per heavy atom. The summed E-state index contributed by atoms with van der Waals surface area (Å²) in [6.45, 7) is 2.73. The van der Waals surface area contributed by atoms with Gasteiger partial charge in [-0.25, -0.2) is 9.18 Å². The van der Waals surface area contributed by atoms with Crippen LogP contribution in [0.3, 0.4) is 0 Å². The average molecular weight is 396 g/mol. The maximum absolute atomic E-state index is 15.4. The Hall–Kier alpha value is -2.63. The van der Waals surface area contributed by atoms with Crippen LogP contribution in [0.15, 0.2) is 23.1 Å². The van der Waals surface area contributed by atoms with E-state index in [2.05, 4.69) is 11.0 Å². The third kappa shape index (κ3) is 2.96. The monoisotopic (exact) mass is 396 g/mol. The van der Waals surface area contributed by atoms with Crippen molar-refractivity contribution in [3.05, 3.63) is 45.5 Å². The number of hydrogen-bond acceptors (Lipinski definition) is 4. The number of rotatable bonds is 3.